The molecule has 0 unspecified atom stereocenters. The summed E-state index contributed by atoms with van der Waals surface area (Å²) in [4.78, 5) is 8.88. The summed E-state index contributed by atoms with van der Waals surface area (Å²) in [6.45, 7) is 1.94. The molecule has 0 atom stereocenters. The Morgan fingerprint density at radius 2 is 1.75 bits per heavy atom. The van der Waals surface area contributed by atoms with E-state index in [1.54, 1.807) is 12.1 Å². The van der Waals surface area contributed by atoms with E-state index in [9.17, 15) is 4.39 Å². The molecule has 0 amide bonds. The smallest absolute Gasteiger partial charge is 0.188 e. The van der Waals surface area contributed by atoms with Gasteiger partial charge in [0.2, 0.25) is 0 Å². The molecule has 1 heterocycles. The zero-order valence-corrected chi connectivity index (χ0v) is 12.0. The summed E-state index contributed by atoms with van der Waals surface area (Å²) in [6.07, 6.45) is 1.95. The third-order valence-corrected chi connectivity index (χ3v) is 3.71. The van der Waals surface area contributed by atoms with Crippen molar-refractivity contribution < 1.29 is 4.39 Å². The second-order valence-electron chi connectivity index (χ2n) is 4.52. The second kappa shape index (κ2) is 5.21. The highest BCUT2D eigenvalue weighted by atomic mass is 32.2. The third-order valence-electron chi connectivity index (χ3n) is 3.16. The molecule has 3 rings (SSSR count). The highest BCUT2D eigenvalue weighted by molar-refractivity contribution is 7.98. The van der Waals surface area contributed by atoms with Gasteiger partial charge in [-0.3, -0.25) is 0 Å². The van der Waals surface area contributed by atoms with Crippen LogP contribution in [0.1, 0.15) is 5.69 Å². The molecule has 0 aliphatic carbocycles. The first-order valence-corrected chi connectivity index (χ1v) is 7.49. The van der Waals surface area contributed by atoms with Crippen molar-refractivity contribution >= 4 is 22.5 Å². The van der Waals surface area contributed by atoms with Crippen molar-refractivity contribution in [3.63, 3.8) is 0 Å². The Morgan fingerprint density at radius 3 is 2.50 bits per heavy atom. The second-order valence-corrected chi connectivity index (χ2v) is 5.30. The van der Waals surface area contributed by atoms with Crippen LogP contribution in [0.25, 0.3) is 22.0 Å². The molecular weight excluding hydrogens is 271 g/mol. The number of hydrogen-bond acceptors (Lipinski definition) is 3. The lowest BCUT2D eigenvalue weighted by Crippen LogP contribution is -1.94. The van der Waals surface area contributed by atoms with Gasteiger partial charge in [0.15, 0.2) is 5.16 Å². The quantitative estimate of drug-likeness (QED) is 0.513. The fourth-order valence-corrected chi connectivity index (χ4v) is 2.68. The van der Waals surface area contributed by atoms with Crippen LogP contribution in [0.4, 0.5) is 4.39 Å². The molecule has 2 aromatic carbocycles. The van der Waals surface area contributed by atoms with Gasteiger partial charge in [-0.15, -0.1) is 0 Å². The molecule has 0 spiro atoms. The summed E-state index contributed by atoms with van der Waals surface area (Å²) in [5, 5.41) is 2.22. The molecule has 0 N–H and O–H groups in total. The topological polar surface area (TPSA) is 25.8 Å². The summed E-state index contributed by atoms with van der Waals surface area (Å²) in [7, 11) is 0. The van der Waals surface area contributed by atoms with Gasteiger partial charge >= 0.3 is 0 Å². The van der Waals surface area contributed by atoms with Gasteiger partial charge in [-0.2, -0.15) is 0 Å². The van der Waals surface area contributed by atoms with Crippen LogP contribution in [0.15, 0.2) is 47.6 Å². The van der Waals surface area contributed by atoms with Crippen LogP contribution >= 0.6 is 11.8 Å². The maximum atomic E-state index is 13.9. The number of nitrogens with zero attached hydrogens (tertiary/aromatic N) is 2. The van der Waals surface area contributed by atoms with Crippen LogP contribution in [-0.4, -0.2) is 16.2 Å². The fraction of sp³-hybridized carbons (Fsp3) is 0.125. The Kier molecular flexibility index (Phi) is 3.40. The molecule has 2 nitrogen and oxygen atoms in total. The molecule has 1 aromatic heterocycles. The van der Waals surface area contributed by atoms with Gasteiger partial charge in [0.1, 0.15) is 5.82 Å². The number of aryl methyl sites for hydroxylation is 1. The normalized spacial score (nSPS) is 10.9. The number of benzene rings is 2. The molecule has 0 radical (unpaired) electrons. The monoisotopic (exact) mass is 284 g/mol. The molecule has 0 aliphatic heterocycles. The van der Waals surface area contributed by atoms with Crippen LogP contribution in [0.5, 0.6) is 0 Å². The van der Waals surface area contributed by atoms with Crippen LogP contribution in [0, 0.1) is 12.7 Å². The van der Waals surface area contributed by atoms with Crippen molar-refractivity contribution in [2.75, 3.05) is 6.26 Å². The standard InChI is InChI=1S/C16H13FN2S/c1-10-9-15(19-16(18-10)20-2)13-7-8-14(17)12-6-4-3-5-11(12)13/h3-9H,1-2H3. The molecule has 3 aromatic rings. The van der Waals surface area contributed by atoms with Gasteiger partial charge in [-0.25, -0.2) is 14.4 Å². The third kappa shape index (κ3) is 2.27. The van der Waals surface area contributed by atoms with E-state index in [2.05, 4.69) is 9.97 Å². The Bertz CT molecular complexity index is 787. The van der Waals surface area contributed by atoms with E-state index in [4.69, 9.17) is 0 Å². The van der Waals surface area contributed by atoms with E-state index in [-0.39, 0.29) is 5.82 Å². The lowest BCUT2D eigenvalue weighted by molar-refractivity contribution is 0.640. The van der Waals surface area contributed by atoms with Crippen molar-refractivity contribution in [2.24, 2.45) is 0 Å². The van der Waals surface area contributed by atoms with Gasteiger partial charge in [-0.1, -0.05) is 36.0 Å². The number of hydrogen-bond donors (Lipinski definition) is 0. The van der Waals surface area contributed by atoms with E-state index in [0.29, 0.717) is 5.39 Å². The molecule has 4 heteroatoms. The van der Waals surface area contributed by atoms with Crippen LogP contribution < -0.4 is 0 Å². The van der Waals surface area contributed by atoms with Crippen molar-refractivity contribution in [3.8, 4) is 11.3 Å². The minimum absolute atomic E-state index is 0.208. The molecular formula is C16H13FN2S. The highest BCUT2D eigenvalue weighted by Gasteiger charge is 2.10. The Balaban J connectivity index is 2.30. The molecule has 20 heavy (non-hydrogen) atoms. The predicted molar refractivity (Wildman–Crippen MR) is 81.5 cm³/mol. The fourth-order valence-electron chi connectivity index (χ4n) is 2.26. The number of thioether (sulfide) groups is 1. The van der Waals surface area contributed by atoms with Crippen molar-refractivity contribution in [1.29, 1.82) is 0 Å². The van der Waals surface area contributed by atoms with Crippen molar-refractivity contribution in [1.82, 2.24) is 9.97 Å². The largest absolute Gasteiger partial charge is 0.228 e. The first-order valence-electron chi connectivity index (χ1n) is 6.26. The van der Waals surface area contributed by atoms with Crippen LogP contribution in [0.2, 0.25) is 0 Å². The average molecular weight is 284 g/mol. The molecule has 0 bridgehead atoms. The van der Waals surface area contributed by atoms with E-state index < -0.39 is 0 Å². The van der Waals surface area contributed by atoms with Gasteiger partial charge in [0, 0.05) is 16.6 Å². The van der Waals surface area contributed by atoms with Crippen LogP contribution in [-0.2, 0) is 0 Å². The van der Waals surface area contributed by atoms with E-state index >= 15 is 0 Å². The van der Waals surface area contributed by atoms with Crippen molar-refractivity contribution in [2.45, 2.75) is 12.1 Å². The van der Waals surface area contributed by atoms with Crippen molar-refractivity contribution in [3.05, 3.63) is 54.0 Å². The summed E-state index contributed by atoms with van der Waals surface area (Å²) in [5.41, 5.74) is 2.67. The lowest BCUT2D eigenvalue weighted by atomic mass is 10.0. The number of halogens is 1. The van der Waals surface area contributed by atoms with Gasteiger partial charge in [0.25, 0.3) is 0 Å². The summed E-state index contributed by atoms with van der Waals surface area (Å²) >= 11 is 1.50. The first kappa shape index (κ1) is 13.1. The highest BCUT2D eigenvalue weighted by Crippen LogP contribution is 2.30. The van der Waals surface area contributed by atoms with Gasteiger partial charge < -0.3 is 0 Å². The SMILES string of the molecule is CSc1nc(C)cc(-c2ccc(F)c3ccccc23)n1. The minimum atomic E-state index is -0.208. The summed E-state index contributed by atoms with van der Waals surface area (Å²) in [6, 6.07) is 12.7. The van der Waals surface area contributed by atoms with E-state index in [1.165, 1.54) is 17.8 Å². The Hall–Kier alpha value is -1.94. The number of fused-ring (bicyclic) bond motifs is 1. The summed E-state index contributed by atoms with van der Waals surface area (Å²) < 4.78 is 13.9. The Labute approximate surface area is 121 Å². The number of rotatable bonds is 2. The van der Waals surface area contributed by atoms with Crippen LogP contribution in [0.3, 0.4) is 0 Å². The van der Waals surface area contributed by atoms with Gasteiger partial charge in [0.05, 0.1) is 5.69 Å². The predicted octanol–water partition coefficient (Wildman–Crippen LogP) is 4.47. The molecule has 0 saturated carbocycles. The molecule has 0 saturated heterocycles. The summed E-state index contributed by atoms with van der Waals surface area (Å²) in [5.74, 6) is -0.208. The zero-order valence-electron chi connectivity index (χ0n) is 11.2. The maximum absolute atomic E-state index is 13.9. The minimum Gasteiger partial charge on any atom is -0.228 e. The van der Waals surface area contributed by atoms with Gasteiger partial charge in [-0.05, 0) is 36.8 Å². The Morgan fingerprint density at radius 1 is 1.00 bits per heavy atom. The zero-order chi connectivity index (χ0) is 14.1. The number of aromatic nitrogens is 2. The van der Waals surface area contributed by atoms with E-state index in [1.807, 2.05) is 37.4 Å². The first-order chi connectivity index (χ1) is 9.69. The maximum Gasteiger partial charge on any atom is 0.188 e. The van der Waals surface area contributed by atoms with E-state index in [0.717, 1.165) is 27.5 Å². The lowest BCUT2D eigenvalue weighted by Gasteiger charge is -2.08. The average Bonchev–Trinajstić information content (AvgIpc) is 2.47. The molecule has 100 valence electrons. The molecule has 0 fully saturated rings. The molecule has 0 aliphatic rings.